The van der Waals surface area contributed by atoms with Crippen molar-refractivity contribution in [2.24, 2.45) is 11.0 Å². The van der Waals surface area contributed by atoms with Gasteiger partial charge < -0.3 is 0 Å². The molecule has 5 nitrogen and oxygen atoms in total. The Labute approximate surface area is 202 Å². The number of halogens is 1. The van der Waals surface area contributed by atoms with Crippen LogP contribution in [0.5, 0.6) is 0 Å². The molecule has 0 bridgehead atoms. The van der Waals surface area contributed by atoms with Gasteiger partial charge in [-0.15, -0.1) is 0 Å². The van der Waals surface area contributed by atoms with Gasteiger partial charge in [0.15, 0.2) is 0 Å². The second-order valence-electron chi connectivity index (χ2n) is 7.89. The van der Waals surface area contributed by atoms with Crippen molar-refractivity contribution in [1.82, 2.24) is 15.4 Å². The molecule has 0 fully saturated rings. The fraction of sp³-hybridized carbons (Fsp3) is 0.185. The lowest BCUT2D eigenvalue weighted by Crippen LogP contribution is -2.25. The number of fused-ring (bicyclic) bond motifs is 1. The number of benzene rings is 2. The second kappa shape index (κ2) is 11.5. The van der Waals surface area contributed by atoms with E-state index in [2.05, 4.69) is 54.6 Å². The van der Waals surface area contributed by atoms with Gasteiger partial charge in [-0.25, -0.2) is 5.43 Å². The van der Waals surface area contributed by atoms with Gasteiger partial charge in [-0.2, -0.15) is 5.10 Å². The van der Waals surface area contributed by atoms with Gasteiger partial charge in [0.1, 0.15) is 0 Å². The Kier molecular flexibility index (Phi) is 7.93. The molecule has 1 atom stereocenters. The van der Waals surface area contributed by atoms with E-state index in [0.717, 1.165) is 33.9 Å². The number of pyridine rings is 2. The number of alkyl halides is 1. The van der Waals surface area contributed by atoms with E-state index < -0.39 is 0 Å². The predicted molar refractivity (Wildman–Crippen MR) is 136 cm³/mol. The van der Waals surface area contributed by atoms with Gasteiger partial charge in [0.2, 0.25) is 5.91 Å². The van der Waals surface area contributed by atoms with Crippen LogP contribution in [-0.2, 0) is 17.6 Å². The molecule has 0 saturated heterocycles. The van der Waals surface area contributed by atoms with Crippen molar-refractivity contribution in [2.75, 3.05) is 5.33 Å². The number of hydrazone groups is 1. The highest BCUT2D eigenvalue weighted by Crippen LogP contribution is 2.19. The molecular formula is C27H25BrN4O. The lowest BCUT2D eigenvalue weighted by Gasteiger charge is -2.14. The summed E-state index contributed by atoms with van der Waals surface area (Å²) in [5.74, 6) is 0.0773. The van der Waals surface area contributed by atoms with Crippen molar-refractivity contribution in [3.63, 3.8) is 0 Å². The first-order valence-electron chi connectivity index (χ1n) is 10.9. The van der Waals surface area contributed by atoms with E-state index in [1.54, 1.807) is 12.4 Å². The number of carbonyl (C=O) groups is 1. The molecule has 1 unspecified atom stereocenters. The Morgan fingerprint density at radius 3 is 2.48 bits per heavy atom. The minimum atomic E-state index is -0.108. The standard InChI is InChI=1S/C27H25BrN4O/c28-19-21(16-20-8-2-1-3-9-20)17-27(33)32-31-26(25-12-6-7-14-29-25)18-22-13-15-30-24-11-5-4-10-23(22)24/h1-15,21H,16-19H2,(H,32,33). The Bertz CT molecular complexity index is 1220. The van der Waals surface area contributed by atoms with Crippen LogP contribution in [-0.4, -0.2) is 26.9 Å². The van der Waals surface area contributed by atoms with Crippen LogP contribution in [0.25, 0.3) is 10.9 Å². The van der Waals surface area contributed by atoms with Crippen molar-refractivity contribution in [2.45, 2.75) is 19.3 Å². The third kappa shape index (κ3) is 6.33. The molecule has 0 aliphatic rings. The van der Waals surface area contributed by atoms with Gasteiger partial charge in [-0.3, -0.25) is 14.8 Å². The summed E-state index contributed by atoms with van der Waals surface area (Å²) in [4.78, 5) is 21.6. The number of para-hydroxylation sites is 1. The number of aromatic nitrogens is 2. The van der Waals surface area contributed by atoms with Crippen LogP contribution in [0.4, 0.5) is 0 Å². The third-order valence-electron chi connectivity index (χ3n) is 5.43. The number of carbonyl (C=O) groups excluding carboxylic acids is 1. The molecule has 0 saturated carbocycles. The van der Waals surface area contributed by atoms with Crippen molar-refractivity contribution in [1.29, 1.82) is 0 Å². The van der Waals surface area contributed by atoms with Gasteiger partial charge in [-0.1, -0.05) is 70.5 Å². The highest BCUT2D eigenvalue weighted by atomic mass is 79.9. The smallest absolute Gasteiger partial charge is 0.240 e. The van der Waals surface area contributed by atoms with E-state index in [-0.39, 0.29) is 11.8 Å². The highest BCUT2D eigenvalue weighted by molar-refractivity contribution is 9.09. The van der Waals surface area contributed by atoms with Crippen LogP contribution in [0.2, 0.25) is 0 Å². The summed E-state index contributed by atoms with van der Waals surface area (Å²) in [7, 11) is 0. The Balaban J connectivity index is 1.51. The molecule has 0 aliphatic heterocycles. The maximum Gasteiger partial charge on any atom is 0.240 e. The first-order valence-corrected chi connectivity index (χ1v) is 12.0. The van der Waals surface area contributed by atoms with Gasteiger partial charge in [0, 0.05) is 36.0 Å². The maximum absolute atomic E-state index is 12.7. The first kappa shape index (κ1) is 22.8. The maximum atomic E-state index is 12.7. The van der Waals surface area contributed by atoms with E-state index in [0.29, 0.717) is 18.6 Å². The van der Waals surface area contributed by atoms with Crippen molar-refractivity contribution >= 4 is 38.5 Å². The summed E-state index contributed by atoms with van der Waals surface area (Å²) in [5, 5.41) is 6.32. The fourth-order valence-electron chi connectivity index (χ4n) is 3.78. The van der Waals surface area contributed by atoms with Crippen molar-refractivity contribution < 1.29 is 4.79 Å². The summed E-state index contributed by atoms with van der Waals surface area (Å²) in [6.45, 7) is 0. The zero-order valence-electron chi connectivity index (χ0n) is 18.2. The Morgan fingerprint density at radius 1 is 0.909 bits per heavy atom. The molecule has 0 radical (unpaired) electrons. The van der Waals surface area contributed by atoms with Crippen molar-refractivity contribution in [3.05, 3.63) is 108 Å². The molecule has 2 heterocycles. The number of hydrogen-bond donors (Lipinski definition) is 1. The van der Waals surface area contributed by atoms with E-state index in [9.17, 15) is 4.79 Å². The zero-order valence-corrected chi connectivity index (χ0v) is 19.8. The second-order valence-corrected chi connectivity index (χ2v) is 8.53. The summed E-state index contributed by atoms with van der Waals surface area (Å²) in [6.07, 6.45) is 5.29. The van der Waals surface area contributed by atoms with Crippen LogP contribution in [0, 0.1) is 5.92 Å². The largest absolute Gasteiger partial charge is 0.273 e. The average molecular weight is 501 g/mol. The predicted octanol–water partition coefficient (Wildman–Crippen LogP) is 5.34. The van der Waals surface area contributed by atoms with Crippen LogP contribution >= 0.6 is 15.9 Å². The van der Waals surface area contributed by atoms with Crippen molar-refractivity contribution in [3.8, 4) is 0 Å². The van der Waals surface area contributed by atoms with Crippen LogP contribution in [0.1, 0.15) is 23.2 Å². The Morgan fingerprint density at radius 2 is 1.70 bits per heavy atom. The fourth-order valence-corrected chi connectivity index (χ4v) is 4.23. The highest BCUT2D eigenvalue weighted by Gasteiger charge is 2.15. The molecule has 33 heavy (non-hydrogen) atoms. The molecule has 1 amide bonds. The number of amides is 1. The molecule has 2 aromatic heterocycles. The summed E-state index contributed by atoms with van der Waals surface area (Å²) in [5.41, 5.74) is 7.45. The molecule has 4 aromatic rings. The molecule has 6 heteroatoms. The minimum Gasteiger partial charge on any atom is -0.273 e. The van der Waals surface area contributed by atoms with E-state index in [1.165, 1.54) is 5.56 Å². The number of nitrogens with zero attached hydrogens (tertiary/aromatic N) is 3. The third-order valence-corrected chi connectivity index (χ3v) is 6.35. The lowest BCUT2D eigenvalue weighted by atomic mass is 9.98. The van der Waals surface area contributed by atoms with E-state index in [1.807, 2.05) is 60.7 Å². The molecule has 166 valence electrons. The van der Waals surface area contributed by atoms with Gasteiger partial charge in [0.25, 0.3) is 0 Å². The first-order chi connectivity index (χ1) is 16.2. The van der Waals surface area contributed by atoms with E-state index in [4.69, 9.17) is 0 Å². The topological polar surface area (TPSA) is 67.2 Å². The van der Waals surface area contributed by atoms with Crippen LogP contribution in [0.15, 0.2) is 96.4 Å². The summed E-state index contributed by atoms with van der Waals surface area (Å²) >= 11 is 3.55. The molecule has 2 aromatic carbocycles. The van der Waals surface area contributed by atoms with Gasteiger partial charge in [-0.05, 0) is 47.7 Å². The minimum absolute atomic E-state index is 0.108. The molecular weight excluding hydrogens is 476 g/mol. The molecule has 1 N–H and O–H groups in total. The average Bonchev–Trinajstić information content (AvgIpc) is 2.87. The molecule has 0 spiro atoms. The van der Waals surface area contributed by atoms with Gasteiger partial charge in [0.05, 0.1) is 16.9 Å². The van der Waals surface area contributed by atoms with Crippen LogP contribution in [0.3, 0.4) is 0 Å². The number of hydrogen-bond acceptors (Lipinski definition) is 4. The lowest BCUT2D eigenvalue weighted by molar-refractivity contribution is -0.121. The zero-order chi connectivity index (χ0) is 22.9. The van der Waals surface area contributed by atoms with E-state index >= 15 is 0 Å². The quantitative estimate of drug-likeness (QED) is 0.191. The normalized spacial score (nSPS) is 12.5. The summed E-state index contributed by atoms with van der Waals surface area (Å²) < 4.78 is 0. The monoisotopic (exact) mass is 500 g/mol. The number of nitrogens with one attached hydrogen (secondary N) is 1. The number of rotatable bonds is 9. The van der Waals surface area contributed by atoms with Crippen LogP contribution < -0.4 is 5.43 Å². The molecule has 4 rings (SSSR count). The van der Waals surface area contributed by atoms with Gasteiger partial charge >= 0.3 is 0 Å². The Hall–Kier alpha value is -3.38. The molecule has 0 aliphatic carbocycles. The SMILES string of the molecule is O=C(CC(CBr)Cc1ccccc1)NN=C(Cc1ccnc2ccccc12)c1ccccn1. The summed E-state index contributed by atoms with van der Waals surface area (Å²) in [6, 6.07) is 25.9.